The van der Waals surface area contributed by atoms with Crippen molar-refractivity contribution in [2.45, 2.75) is 51.5 Å². The van der Waals surface area contributed by atoms with E-state index in [2.05, 4.69) is 11.8 Å². The van der Waals surface area contributed by atoms with Gasteiger partial charge in [0.05, 0.1) is 0 Å². The minimum Gasteiger partial charge on any atom is -0.367 e. The minimum atomic E-state index is -0.169. The van der Waals surface area contributed by atoms with Crippen molar-refractivity contribution in [1.29, 1.82) is 0 Å². The summed E-state index contributed by atoms with van der Waals surface area (Å²) in [6.07, 6.45) is 7.82. The fourth-order valence-corrected chi connectivity index (χ4v) is 3.53. The molecule has 1 fully saturated rings. The van der Waals surface area contributed by atoms with Gasteiger partial charge in [-0.3, -0.25) is 0 Å². The number of rotatable bonds is 5. The Morgan fingerprint density at radius 1 is 1.25 bits per heavy atom. The Morgan fingerprint density at radius 3 is 2.50 bits per heavy atom. The molecule has 0 heterocycles. The lowest BCUT2D eigenvalue weighted by molar-refractivity contribution is 0.361. The first-order valence-electron chi connectivity index (χ1n) is 7.98. The molecule has 0 aliphatic heterocycles. The Kier molecular flexibility index (Phi) is 5.84. The summed E-state index contributed by atoms with van der Waals surface area (Å²) >= 11 is 0. The molecule has 20 heavy (non-hydrogen) atoms. The monoisotopic (exact) mass is 278 g/mol. The summed E-state index contributed by atoms with van der Waals surface area (Å²) in [5, 5.41) is 0. The van der Waals surface area contributed by atoms with Gasteiger partial charge in [0, 0.05) is 24.8 Å². The topological polar surface area (TPSA) is 29.3 Å². The normalized spacial score (nSPS) is 18.6. The predicted octanol–water partition coefficient (Wildman–Crippen LogP) is 3.95. The molecule has 1 aliphatic rings. The van der Waals surface area contributed by atoms with Crippen LogP contribution in [0.3, 0.4) is 0 Å². The van der Waals surface area contributed by atoms with Gasteiger partial charge in [-0.25, -0.2) is 4.39 Å². The number of anilines is 1. The highest BCUT2D eigenvalue weighted by molar-refractivity contribution is 5.47. The Hall–Kier alpha value is -1.09. The van der Waals surface area contributed by atoms with Crippen LogP contribution in [0, 0.1) is 11.7 Å². The Bertz CT molecular complexity index is 400. The van der Waals surface area contributed by atoms with Crippen LogP contribution in [0.4, 0.5) is 10.1 Å². The van der Waals surface area contributed by atoms with Crippen molar-refractivity contribution in [2.75, 3.05) is 18.0 Å². The van der Waals surface area contributed by atoms with E-state index in [4.69, 9.17) is 5.73 Å². The van der Waals surface area contributed by atoms with Crippen LogP contribution in [0.2, 0.25) is 0 Å². The zero-order valence-electron chi connectivity index (χ0n) is 12.5. The highest BCUT2D eigenvalue weighted by Gasteiger charge is 2.26. The Morgan fingerprint density at radius 2 is 1.95 bits per heavy atom. The molecule has 2 nitrogen and oxygen atoms in total. The number of hydrogen-bond donors (Lipinski definition) is 1. The third-order valence-corrected chi connectivity index (χ3v) is 4.57. The fourth-order valence-electron chi connectivity index (χ4n) is 3.53. The number of halogens is 1. The lowest BCUT2D eigenvalue weighted by Gasteiger charge is -2.37. The second-order valence-corrected chi connectivity index (χ2v) is 5.82. The van der Waals surface area contributed by atoms with E-state index in [1.165, 1.54) is 44.6 Å². The van der Waals surface area contributed by atoms with Crippen LogP contribution in [0.15, 0.2) is 24.3 Å². The van der Waals surface area contributed by atoms with E-state index in [9.17, 15) is 4.39 Å². The van der Waals surface area contributed by atoms with Crippen molar-refractivity contribution < 1.29 is 4.39 Å². The second kappa shape index (κ2) is 7.63. The summed E-state index contributed by atoms with van der Waals surface area (Å²) in [4.78, 5) is 2.29. The molecule has 1 atom stereocenters. The van der Waals surface area contributed by atoms with E-state index in [1.807, 2.05) is 6.07 Å². The van der Waals surface area contributed by atoms with Gasteiger partial charge in [-0.15, -0.1) is 0 Å². The van der Waals surface area contributed by atoms with Gasteiger partial charge >= 0.3 is 0 Å². The molecule has 1 aromatic rings. The molecule has 112 valence electrons. The summed E-state index contributed by atoms with van der Waals surface area (Å²) in [6, 6.07) is 7.24. The molecule has 0 amide bonds. The SMILES string of the molecule is CCN(c1cccc(F)c1)C(CN)C1CCCCCC1. The van der Waals surface area contributed by atoms with Gasteiger partial charge in [0.15, 0.2) is 0 Å². The second-order valence-electron chi connectivity index (χ2n) is 5.82. The van der Waals surface area contributed by atoms with E-state index in [0.29, 0.717) is 18.5 Å². The first-order valence-corrected chi connectivity index (χ1v) is 7.98. The fraction of sp³-hybridized carbons (Fsp3) is 0.647. The van der Waals surface area contributed by atoms with Crippen molar-refractivity contribution >= 4 is 5.69 Å². The number of hydrogen-bond acceptors (Lipinski definition) is 2. The molecule has 1 unspecified atom stereocenters. The van der Waals surface area contributed by atoms with Gasteiger partial charge in [0.1, 0.15) is 5.82 Å². The maximum atomic E-state index is 13.5. The number of nitrogens with two attached hydrogens (primary N) is 1. The predicted molar refractivity (Wildman–Crippen MR) is 83.5 cm³/mol. The van der Waals surface area contributed by atoms with Gasteiger partial charge in [-0.05, 0) is 43.9 Å². The van der Waals surface area contributed by atoms with Crippen LogP contribution in [-0.4, -0.2) is 19.1 Å². The quantitative estimate of drug-likeness (QED) is 0.826. The molecule has 1 saturated carbocycles. The molecule has 3 heteroatoms. The van der Waals surface area contributed by atoms with Gasteiger partial charge in [0.25, 0.3) is 0 Å². The van der Waals surface area contributed by atoms with Gasteiger partial charge < -0.3 is 10.6 Å². The number of likely N-dealkylation sites (N-methyl/N-ethyl adjacent to an activating group) is 1. The molecule has 2 N–H and O–H groups in total. The number of benzene rings is 1. The zero-order chi connectivity index (χ0) is 14.4. The molecule has 2 rings (SSSR count). The summed E-state index contributed by atoms with van der Waals surface area (Å²) < 4.78 is 13.5. The standard InChI is InChI=1S/C17H27FN2/c1-2-20(16-11-7-10-15(18)12-16)17(13-19)14-8-5-3-4-6-9-14/h7,10-12,14,17H,2-6,8-9,13,19H2,1H3. The Balaban J connectivity index is 2.17. The molecule has 1 aromatic carbocycles. The third kappa shape index (κ3) is 3.72. The maximum absolute atomic E-state index is 13.5. The van der Waals surface area contributed by atoms with Crippen molar-refractivity contribution in [3.63, 3.8) is 0 Å². The highest BCUT2D eigenvalue weighted by atomic mass is 19.1. The summed E-state index contributed by atoms with van der Waals surface area (Å²) in [5.41, 5.74) is 7.04. The van der Waals surface area contributed by atoms with Crippen molar-refractivity contribution in [3.8, 4) is 0 Å². The molecule has 0 radical (unpaired) electrons. The van der Waals surface area contributed by atoms with Crippen LogP contribution in [0.5, 0.6) is 0 Å². The zero-order valence-corrected chi connectivity index (χ0v) is 12.5. The minimum absolute atomic E-state index is 0.169. The van der Waals surface area contributed by atoms with Crippen LogP contribution in [0.1, 0.15) is 45.4 Å². The highest BCUT2D eigenvalue weighted by Crippen LogP contribution is 2.30. The maximum Gasteiger partial charge on any atom is 0.125 e. The van der Waals surface area contributed by atoms with E-state index < -0.39 is 0 Å². The summed E-state index contributed by atoms with van der Waals surface area (Å²) in [5.74, 6) is 0.475. The van der Waals surface area contributed by atoms with Crippen LogP contribution in [-0.2, 0) is 0 Å². The van der Waals surface area contributed by atoms with Crippen molar-refractivity contribution in [3.05, 3.63) is 30.1 Å². The molecule has 0 bridgehead atoms. The molecule has 0 aromatic heterocycles. The molecule has 0 saturated heterocycles. The average Bonchev–Trinajstić information content (AvgIpc) is 2.73. The lowest BCUT2D eigenvalue weighted by atomic mass is 9.90. The smallest absolute Gasteiger partial charge is 0.125 e. The largest absolute Gasteiger partial charge is 0.367 e. The van der Waals surface area contributed by atoms with Crippen LogP contribution < -0.4 is 10.6 Å². The van der Waals surface area contributed by atoms with Gasteiger partial charge in [0.2, 0.25) is 0 Å². The van der Waals surface area contributed by atoms with Gasteiger partial charge in [-0.2, -0.15) is 0 Å². The first kappa shape index (κ1) is 15.3. The van der Waals surface area contributed by atoms with Crippen LogP contribution in [0.25, 0.3) is 0 Å². The van der Waals surface area contributed by atoms with E-state index in [0.717, 1.165) is 12.2 Å². The van der Waals surface area contributed by atoms with E-state index >= 15 is 0 Å². The van der Waals surface area contributed by atoms with E-state index in [-0.39, 0.29) is 5.82 Å². The molecular weight excluding hydrogens is 251 g/mol. The van der Waals surface area contributed by atoms with E-state index in [1.54, 1.807) is 12.1 Å². The summed E-state index contributed by atoms with van der Waals surface area (Å²) in [6.45, 7) is 3.65. The first-order chi connectivity index (χ1) is 9.76. The van der Waals surface area contributed by atoms with Crippen molar-refractivity contribution in [2.24, 2.45) is 11.7 Å². The molecule has 1 aliphatic carbocycles. The summed E-state index contributed by atoms with van der Waals surface area (Å²) in [7, 11) is 0. The Labute approximate surface area is 122 Å². The third-order valence-electron chi connectivity index (χ3n) is 4.57. The van der Waals surface area contributed by atoms with Crippen molar-refractivity contribution in [1.82, 2.24) is 0 Å². The number of nitrogens with zero attached hydrogens (tertiary/aromatic N) is 1. The molecular formula is C17H27FN2. The average molecular weight is 278 g/mol. The van der Waals surface area contributed by atoms with Gasteiger partial charge in [-0.1, -0.05) is 31.7 Å². The molecule has 0 spiro atoms. The lowest BCUT2D eigenvalue weighted by Crippen LogP contribution is -2.45. The van der Waals surface area contributed by atoms with Crippen LogP contribution >= 0.6 is 0 Å².